The second-order valence-electron chi connectivity index (χ2n) is 5.51. The predicted molar refractivity (Wildman–Crippen MR) is 104 cm³/mol. The number of methoxy groups -OCH3 is 1. The van der Waals surface area contributed by atoms with Crippen molar-refractivity contribution in [2.45, 2.75) is 18.7 Å². The molecule has 0 atom stereocenters. The summed E-state index contributed by atoms with van der Waals surface area (Å²) in [6, 6.07) is 14.5. The first-order valence-electron chi connectivity index (χ1n) is 7.77. The third kappa shape index (κ3) is 7.32. The molecule has 0 unspecified atom stereocenters. The van der Waals surface area contributed by atoms with Crippen LogP contribution in [0, 0.1) is 20.4 Å². The van der Waals surface area contributed by atoms with Gasteiger partial charge in [0, 0.05) is 6.08 Å². The SMILES string of the molecule is C#[N+]CS(=O)(=O)c1ccc(C)cc1.COC(=O)/C=C/c1ccc(C)cc1. The minimum Gasteiger partial charge on any atom is -0.466 e. The lowest BCUT2D eigenvalue weighted by atomic mass is 10.1. The fourth-order valence-electron chi connectivity index (χ4n) is 1.83. The molecule has 0 aromatic heterocycles. The molecule has 0 aliphatic carbocycles. The minimum absolute atomic E-state index is 0.257. The van der Waals surface area contributed by atoms with Crippen molar-refractivity contribution < 1.29 is 17.9 Å². The average Bonchev–Trinajstić information content (AvgIpc) is 2.62. The number of nitrogens with zero attached hydrogens (tertiary/aromatic N) is 1. The van der Waals surface area contributed by atoms with Crippen molar-refractivity contribution in [3.8, 4) is 6.57 Å². The Morgan fingerprint density at radius 3 is 2.00 bits per heavy atom. The van der Waals surface area contributed by atoms with Crippen molar-refractivity contribution in [3.63, 3.8) is 0 Å². The molecule has 0 bridgehead atoms. The first-order valence-corrected chi connectivity index (χ1v) is 9.42. The van der Waals surface area contributed by atoms with E-state index in [2.05, 4.69) is 9.58 Å². The molecule has 0 amide bonds. The van der Waals surface area contributed by atoms with Gasteiger partial charge in [-0.05, 0) is 37.6 Å². The van der Waals surface area contributed by atoms with Crippen molar-refractivity contribution in [1.82, 2.24) is 0 Å². The van der Waals surface area contributed by atoms with Crippen molar-refractivity contribution in [2.75, 3.05) is 13.0 Å². The number of benzene rings is 2. The van der Waals surface area contributed by atoms with Crippen LogP contribution in [0.1, 0.15) is 16.7 Å². The van der Waals surface area contributed by atoms with Crippen LogP contribution < -0.4 is 0 Å². The number of carbonyl (C=O) groups excluding carboxylic acids is 1. The lowest BCUT2D eigenvalue weighted by Gasteiger charge is -1.96. The third-order valence-corrected chi connectivity index (χ3v) is 4.79. The zero-order valence-electron chi connectivity index (χ0n) is 15.0. The van der Waals surface area contributed by atoms with Crippen LogP contribution in [0.3, 0.4) is 0 Å². The first-order chi connectivity index (χ1) is 12.3. The smallest absolute Gasteiger partial charge is 0.364 e. The number of ether oxygens (including phenoxy) is 1. The van der Waals surface area contributed by atoms with Gasteiger partial charge in [-0.1, -0.05) is 52.4 Å². The Kier molecular flexibility index (Phi) is 8.26. The van der Waals surface area contributed by atoms with Gasteiger partial charge in [0.25, 0.3) is 16.4 Å². The van der Waals surface area contributed by atoms with E-state index < -0.39 is 9.84 Å². The Labute approximate surface area is 154 Å². The fraction of sp³-hybridized carbons (Fsp3) is 0.200. The van der Waals surface area contributed by atoms with Crippen LogP contribution in [0.15, 0.2) is 59.5 Å². The van der Waals surface area contributed by atoms with Gasteiger partial charge in [-0.25, -0.2) is 13.2 Å². The van der Waals surface area contributed by atoms with Gasteiger partial charge in [-0.15, -0.1) is 0 Å². The van der Waals surface area contributed by atoms with Crippen LogP contribution in [0.5, 0.6) is 0 Å². The third-order valence-electron chi connectivity index (χ3n) is 3.31. The van der Waals surface area contributed by atoms with Gasteiger partial charge < -0.3 is 4.74 Å². The molecule has 0 N–H and O–H groups in total. The zero-order chi connectivity index (χ0) is 19.6. The second kappa shape index (κ2) is 10.2. The molecule has 6 heteroatoms. The Balaban J connectivity index is 0.000000260. The summed E-state index contributed by atoms with van der Waals surface area (Å²) in [7, 11) is -1.96. The van der Waals surface area contributed by atoms with E-state index >= 15 is 0 Å². The minimum atomic E-state index is -3.32. The van der Waals surface area contributed by atoms with Crippen molar-refractivity contribution in [1.29, 1.82) is 0 Å². The van der Waals surface area contributed by atoms with Crippen LogP contribution in [0.2, 0.25) is 0 Å². The number of rotatable bonds is 4. The van der Waals surface area contributed by atoms with E-state index in [1.807, 2.05) is 38.1 Å². The lowest BCUT2D eigenvalue weighted by Crippen LogP contribution is -2.03. The van der Waals surface area contributed by atoms with E-state index in [9.17, 15) is 13.2 Å². The van der Waals surface area contributed by atoms with Gasteiger partial charge in [0.2, 0.25) is 0 Å². The molecule has 26 heavy (non-hydrogen) atoms. The molecule has 0 saturated heterocycles. The summed E-state index contributed by atoms with van der Waals surface area (Å²) in [6.07, 6.45) is 3.13. The Morgan fingerprint density at radius 1 is 1.04 bits per heavy atom. The highest BCUT2D eigenvalue weighted by atomic mass is 32.2. The number of hydrogen-bond donors (Lipinski definition) is 0. The van der Waals surface area contributed by atoms with Crippen molar-refractivity contribution in [2.24, 2.45) is 0 Å². The summed E-state index contributed by atoms with van der Waals surface area (Å²) in [6.45, 7) is 8.74. The quantitative estimate of drug-likeness (QED) is 0.604. The Bertz CT molecular complexity index is 890. The van der Waals surface area contributed by atoms with Gasteiger partial charge in [0.15, 0.2) is 0 Å². The molecule has 0 heterocycles. The summed E-state index contributed by atoms with van der Waals surface area (Å²) in [5.41, 5.74) is 3.22. The van der Waals surface area contributed by atoms with Crippen LogP contribution in [0.4, 0.5) is 0 Å². The summed E-state index contributed by atoms with van der Waals surface area (Å²) >= 11 is 0. The Hall–Kier alpha value is -2.91. The number of hydrogen-bond acceptors (Lipinski definition) is 4. The number of aryl methyl sites for hydroxylation is 2. The van der Waals surface area contributed by atoms with E-state index in [0.29, 0.717) is 0 Å². The topological polar surface area (TPSA) is 64.8 Å². The van der Waals surface area contributed by atoms with Crippen LogP contribution in [-0.4, -0.2) is 27.4 Å². The van der Waals surface area contributed by atoms with Gasteiger partial charge in [-0.3, -0.25) is 0 Å². The molecule has 0 aliphatic rings. The lowest BCUT2D eigenvalue weighted by molar-refractivity contribution is -0.134. The molecule has 2 rings (SSSR count). The van der Waals surface area contributed by atoms with Gasteiger partial charge in [0.05, 0.1) is 12.0 Å². The maximum Gasteiger partial charge on any atom is 0.364 e. The molecule has 0 saturated carbocycles. The molecule has 2 aromatic rings. The van der Waals surface area contributed by atoms with Crippen molar-refractivity contribution in [3.05, 3.63) is 76.1 Å². The summed E-state index contributed by atoms with van der Waals surface area (Å²) in [4.78, 5) is 14.1. The number of esters is 1. The van der Waals surface area contributed by atoms with Crippen LogP contribution in [0.25, 0.3) is 10.9 Å². The number of carbonyl (C=O) groups is 1. The maximum absolute atomic E-state index is 11.4. The van der Waals surface area contributed by atoms with E-state index in [0.717, 1.165) is 11.1 Å². The van der Waals surface area contributed by atoms with Crippen LogP contribution >= 0.6 is 0 Å². The largest absolute Gasteiger partial charge is 0.466 e. The van der Waals surface area contributed by atoms with E-state index in [4.69, 9.17) is 6.57 Å². The van der Waals surface area contributed by atoms with Crippen molar-refractivity contribution >= 4 is 21.9 Å². The molecule has 0 spiro atoms. The van der Waals surface area contributed by atoms with Gasteiger partial charge >= 0.3 is 11.8 Å². The highest BCUT2D eigenvalue weighted by molar-refractivity contribution is 7.91. The molecular weight excluding hydrogens is 350 g/mol. The van der Waals surface area contributed by atoms with E-state index in [1.54, 1.807) is 30.3 Å². The van der Waals surface area contributed by atoms with Gasteiger partial charge in [0.1, 0.15) is 0 Å². The predicted octanol–water partition coefficient (Wildman–Crippen LogP) is 3.87. The maximum atomic E-state index is 11.4. The monoisotopic (exact) mass is 372 g/mol. The zero-order valence-corrected chi connectivity index (χ0v) is 15.9. The normalized spacial score (nSPS) is 10.5. The molecule has 0 fully saturated rings. The van der Waals surface area contributed by atoms with Gasteiger partial charge in [-0.2, -0.15) is 0 Å². The second-order valence-corrected chi connectivity index (χ2v) is 7.47. The summed E-state index contributed by atoms with van der Waals surface area (Å²) in [5, 5.41) is 0. The number of sulfone groups is 1. The van der Waals surface area contributed by atoms with E-state index in [1.165, 1.54) is 18.7 Å². The summed E-state index contributed by atoms with van der Waals surface area (Å²) in [5.74, 6) is -0.698. The average molecular weight is 372 g/mol. The van der Waals surface area contributed by atoms with E-state index in [-0.39, 0.29) is 16.7 Å². The molecule has 0 aliphatic heterocycles. The van der Waals surface area contributed by atoms with Crippen LogP contribution in [-0.2, 0) is 19.4 Å². The first kappa shape index (κ1) is 21.1. The molecule has 5 nitrogen and oxygen atoms in total. The highest BCUT2D eigenvalue weighted by Crippen LogP contribution is 2.11. The Morgan fingerprint density at radius 2 is 1.54 bits per heavy atom. The fourth-order valence-corrected chi connectivity index (χ4v) is 2.72. The molecular formula is C20H22NO4S+. The standard InChI is InChI=1S/C11H12O2.C9H10NO2S/c1-9-3-5-10(6-4-9)7-8-11(12)13-2;1-8-3-5-9(6-4-8)13(11,12)7-10-2/h3-8H,1-2H3;2-6H,7H2,1H3/q;+1/b8-7+;. The molecule has 136 valence electrons. The molecule has 0 radical (unpaired) electrons. The summed E-state index contributed by atoms with van der Waals surface area (Å²) < 4.78 is 27.2. The molecule has 2 aromatic carbocycles. The highest BCUT2D eigenvalue weighted by Gasteiger charge is 2.18.